The maximum atomic E-state index is 9.21. The molecule has 3 heterocycles. The first-order chi connectivity index (χ1) is 27.4. The average Bonchev–Trinajstić information content (AvgIpc) is 3.59. The summed E-state index contributed by atoms with van der Waals surface area (Å²) in [6.45, 7) is 4.46. The topological polar surface area (TPSA) is 25.8 Å². The maximum Gasteiger partial charge on any atom is 0.0799 e. The van der Waals surface area contributed by atoms with Gasteiger partial charge in [0.1, 0.15) is 0 Å². The Hall–Kier alpha value is -4.51. The fourth-order valence-corrected chi connectivity index (χ4v) is 8.99. The van der Waals surface area contributed by atoms with Crippen molar-refractivity contribution in [2.45, 2.75) is 46.2 Å². The minimum atomic E-state index is -2.15. The van der Waals surface area contributed by atoms with E-state index in [1.807, 2.05) is 85.9 Å². The molecule has 0 saturated carbocycles. The molecule has 0 bridgehead atoms. The van der Waals surface area contributed by atoms with Gasteiger partial charge in [0.2, 0.25) is 0 Å². The molecule has 2 nitrogen and oxygen atoms in total. The van der Waals surface area contributed by atoms with Gasteiger partial charge in [0.25, 0.3) is 0 Å². The molecule has 1 atom stereocenters. The van der Waals surface area contributed by atoms with Crippen molar-refractivity contribution in [2.75, 3.05) is 0 Å². The summed E-state index contributed by atoms with van der Waals surface area (Å²) in [6, 6.07) is 46.6. The first kappa shape index (κ1) is 29.0. The van der Waals surface area contributed by atoms with Crippen LogP contribution in [0.1, 0.15) is 44.7 Å². The van der Waals surface area contributed by atoms with E-state index in [4.69, 9.17) is 8.22 Å². The van der Waals surface area contributed by atoms with E-state index in [1.165, 1.54) is 26.2 Å². The minimum absolute atomic E-state index is 0. The van der Waals surface area contributed by atoms with E-state index in [-0.39, 0.29) is 25.7 Å². The summed E-state index contributed by atoms with van der Waals surface area (Å²) in [5.74, 6) is -0.923. The van der Waals surface area contributed by atoms with Gasteiger partial charge < -0.3 is 9.97 Å². The molecule has 52 heavy (non-hydrogen) atoms. The number of hydrogen-bond donors (Lipinski definition) is 0. The summed E-state index contributed by atoms with van der Waals surface area (Å²) in [5, 5.41) is 3.56. The second kappa shape index (κ2) is 16.0. The molecular weight excluding hydrogens is 845 g/mol. The van der Waals surface area contributed by atoms with Gasteiger partial charge >= 0.3 is 0 Å². The van der Waals surface area contributed by atoms with Crippen LogP contribution in [0.3, 0.4) is 0 Å². The van der Waals surface area contributed by atoms with Crippen molar-refractivity contribution >= 4 is 44.8 Å². The molecule has 0 N–H and O–H groups in total. The molecule has 0 fully saturated rings. The predicted molar refractivity (Wildman–Crippen MR) is 222 cm³/mol. The van der Waals surface area contributed by atoms with Gasteiger partial charge in [0.05, 0.1) is 8.07 Å². The number of fused-ring (bicyclic) bond motifs is 3. The first-order valence-electron chi connectivity index (χ1n) is 20.4. The van der Waals surface area contributed by atoms with Crippen LogP contribution in [0.15, 0.2) is 140 Å². The standard InChI is InChI=1S/C24H16NS.C23H26NSi.Ir/c1-16-8-10-17(11-9-16)18-12-13-19-20-5-4-6-21(22-7-2-3-14-25-22)24(20)26-23(19)15-18;1-17-11-13-20(14-12-17)22-15-21(23(16-24-22)25(3,4)5)18(2)19-9-7-6-8-10-19;/h2-5,7-15H,1H3;6-13,15-16,18H,1-5H3;/q2*-1;/i1D3;1D3,18D;. The summed E-state index contributed by atoms with van der Waals surface area (Å²) in [6.07, 6.45) is 3.70. The summed E-state index contributed by atoms with van der Waals surface area (Å²) in [4.78, 5) is 9.15. The van der Waals surface area contributed by atoms with Crippen LogP contribution in [-0.4, -0.2) is 18.0 Å². The number of thiophene rings is 1. The van der Waals surface area contributed by atoms with Crippen molar-refractivity contribution in [2.24, 2.45) is 0 Å². The van der Waals surface area contributed by atoms with Gasteiger partial charge in [0, 0.05) is 52.7 Å². The smallest absolute Gasteiger partial charge is 0.0799 e. The van der Waals surface area contributed by atoms with Crippen molar-refractivity contribution in [1.82, 2.24) is 9.97 Å². The number of hydrogen-bond acceptors (Lipinski definition) is 3. The Labute approximate surface area is 336 Å². The van der Waals surface area contributed by atoms with E-state index >= 15 is 0 Å². The van der Waals surface area contributed by atoms with Crippen LogP contribution in [0, 0.1) is 25.8 Å². The molecule has 5 aromatic carbocycles. The summed E-state index contributed by atoms with van der Waals surface area (Å²) in [7, 11) is -1.75. The van der Waals surface area contributed by atoms with E-state index in [0.717, 1.165) is 44.3 Å². The van der Waals surface area contributed by atoms with E-state index in [9.17, 15) is 1.37 Å². The molecular formula is C47H42IrN2SSi-2. The second-order valence-electron chi connectivity index (χ2n) is 13.5. The molecule has 0 aliphatic heterocycles. The molecule has 5 heteroatoms. The molecule has 0 aliphatic carbocycles. The van der Waals surface area contributed by atoms with E-state index in [0.29, 0.717) is 11.3 Å². The Morgan fingerprint density at radius 2 is 1.48 bits per heavy atom. The van der Waals surface area contributed by atoms with Crippen molar-refractivity contribution < 1.29 is 29.7 Å². The molecule has 8 rings (SSSR count). The summed E-state index contributed by atoms with van der Waals surface area (Å²) < 4.78 is 56.8. The first-order valence-corrected chi connectivity index (χ1v) is 21.2. The molecule has 0 saturated heterocycles. The van der Waals surface area contributed by atoms with Crippen LogP contribution >= 0.6 is 11.3 Å². The van der Waals surface area contributed by atoms with Crippen molar-refractivity contribution in [3.63, 3.8) is 0 Å². The van der Waals surface area contributed by atoms with Gasteiger partial charge in [0.15, 0.2) is 0 Å². The third-order valence-electron chi connectivity index (χ3n) is 8.98. The number of benzene rings is 5. The molecule has 1 radical (unpaired) electrons. The van der Waals surface area contributed by atoms with E-state index in [2.05, 4.69) is 66.0 Å². The van der Waals surface area contributed by atoms with Gasteiger partial charge in [-0.15, -0.1) is 59.2 Å². The van der Waals surface area contributed by atoms with Crippen LogP contribution < -0.4 is 5.19 Å². The van der Waals surface area contributed by atoms with E-state index < -0.39 is 27.7 Å². The molecule has 261 valence electrons. The zero-order valence-electron chi connectivity index (χ0n) is 36.4. The van der Waals surface area contributed by atoms with Gasteiger partial charge in [-0.25, -0.2) is 0 Å². The Morgan fingerprint density at radius 1 is 0.731 bits per heavy atom. The largest absolute Gasteiger partial charge is 0.305 e. The van der Waals surface area contributed by atoms with Crippen molar-refractivity contribution in [3.05, 3.63) is 174 Å². The van der Waals surface area contributed by atoms with Gasteiger partial charge in [-0.1, -0.05) is 129 Å². The van der Waals surface area contributed by atoms with Gasteiger partial charge in [-0.2, -0.15) is 11.3 Å². The zero-order chi connectivity index (χ0) is 41.5. The minimum Gasteiger partial charge on any atom is -0.305 e. The summed E-state index contributed by atoms with van der Waals surface area (Å²) >= 11 is 1.74. The van der Waals surface area contributed by atoms with Crippen LogP contribution in [0.25, 0.3) is 53.8 Å². The monoisotopic (exact) mass is 894 g/mol. The normalized spacial score (nSPS) is 14.9. The third-order valence-corrected chi connectivity index (χ3v) is 12.2. The quantitative estimate of drug-likeness (QED) is 0.123. The van der Waals surface area contributed by atoms with Crippen LogP contribution in [0.4, 0.5) is 0 Å². The molecule has 3 aromatic heterocycles. The fourth-order valence-electron chi connectivity index (χ4n) is 6.22. The Balaban J connectivity index is 0.000000195. The van der Waals surface area contributed by atoms with Crippen LogP contribution in [-0.2, 0) is 20.1 Å². The number of nitrogens with zero attached hydrogens (tertiary/aromatic N) is 2. The number of pyridine rings is 2. The molecule has 1 unspecified atom stereocenters. The molecule has 0 aliphatic rings. The third kappa shape index (κ3) is 8.09. The van der Waals surface area contributed by atoms with Crippen molar-refractivity contribution in [3.8, 4) is 33.6 Å². The summed E-state index contributed by atoms with van der Waals surface area (Å²) in [5.41, 5.74) is 7.95. The van der Waals surface area contributed by atoms with Crippen LogP contribution in [0.5, 0.6) is 0 Å². The number of rotatable bonds is 6. The Morgan fingerprint density at radius 3 is 2.17 bits per heavy atom. The average molecular weight is 894 g/mol. The number of aromatic nitrogens is 2. The van der Waals surface area contributed by atoms with E-state index in [1.54, 1.807) is 41.8 Å². The Kier molecular flexibility index (Phi) is 8.93. The molecule has 0 spiro atoms. The SMILES string of the molecule is [2H]C([2H])([2H])c1c[c-]c(-c2cc(C([2H])(C)c3ccccc3)c([Si](C)(C)C)cn2)cc1.[2H]C([2H])([2H])c1ccc(-c2ccc3c(c2)sc2c(-c4ccccn4)[c-]ccc23)cc1.[Ir]. The predicted octanol–water partition coefficient (Wildman–Crippen LogP) is 12.4. The molecule has 8 aromatic rings. The maximum absolute atomic E-state index is 9.21. The van der Waals surface area contributed by atoms with Crippen LogP contribution in [0.2, 0.25) is 19.6 Å². The second-order valence-corrected chi connectivity index (χ2v) is 19.6. The number of aryl methyl sites for hydroxylation is 2. The molecule has 0 amide bonds. The zero-order valence-corrected chi connectivity index (χ0v) is 33.6. The van der Waals surface area contributed by atoms with Crippen molar-refractivity contribution in [1.29, 1.82) is 0 Å². The Bertz CT molecular complexity index is 2690. The van der Waals surface area contributed by atoms with Gasteiger partial charge in [-0.3, -0.25) is 0 Å². The van der Waals surface area contributed by atoms with Gasteiger partial charge in [-0.05, 0) is 67.9 Å². The fraction of sp³-hybridized carbons (Fsp3) is 0.149.